The van der Waals surface area contributed by atoms with Crippen molar-refractivity contribution in [1.82, 2.24) is 10.2 Å². The molecule has 5 amide bonds. The number of carbonyl (C=O) groups excluding carboxylic acids is 4. The Hall–Kier alpha value is -3.20. The van der Waals surface area contributed by atoms with Crippen LogP contribution >= 0.6 is 11.3 Å². The molecule has 1 aliphatic carbocycles. The Morgan fingerprint density at radius 1 is 1.21 bits per heavy atom. The van der Waals surface area contributed by atoms with Crippen LogP contribution in [0.4, 0.5) is 16.2 Å². The number of nitrogens with one attached hydrogen (secondary N) is 3. The van der Waals surface area contributed by atoms with Gasteiger partial charge in [0.05, 0.1) is 0 Å². The van der Waals surface area contributed by atoms with E-state index in [1.807, 2.05) is 11.4 Å². The number of hydrogen-bond donors (Lipinski definition) is 3. The third kappa shape index (κ3) is 3.49. The summed E-state index contributed by atoms with van der Waals surface area (Å²) in [6, 6.07) is 7.97. The Morgan fingerprint density at radius 3 is 2.72 bits per heavy atom. The number of thiophene rings is 1. The van der Waals surface area contributed by atoms with Crippen molar-refractivity contribution in [2.45, 2.75) is 31.7 Å². The molecule has 0 saturated carbocycles. The lowest BCUT2D eigenvalue weighted by atomic mass is 9.80. The van der Waals surface area contributed by atoms with Gasteiger partial charge in [-0.05, 0) is 48.9 Å². The second-order valence-corrected chi connectivity index (χ2v) is 8.15. The summed E-state index contributed by atoms with van der Waals surface area (Å²) in [6.07, 6.45) is 2.22. The van der Waals surface area contributed by atoms with Crippen LogP contribution in [0.15, 0.2) is 35.7 Å². The first kappa shape index (κ1) is 19.1. The fourth-order valence-corrected chi connectivity index (χ4v) is 4.91. The van der Waals surface area contributed by atoms with Crippen LogP contribution in [-0.4, -0.2) is 35.2 Å². The lowest BCUT2D eigenvalue weighted by Crippen LogP contribution is -2.46. The van der Waals surface area contributed by atoms with E-state index in [4.69, 9.17) is 0 Å². The molecule has 150 valence electrons. The highest BCUT2D eigenvalue weighted by atomic mass is 32.1. The molecule has 8 nitrogen and oxygen atoms in total. The molecule has 1 aliphatic heterocycles. The predicted molar refractivity (Wildman–Crippen MR) is 109 cm³/mol. The number of benzene rings is 1. The number of fused-ring (bicyclic) bond motifs is 2. The molecule has 4 rings (SSSR count). The Labute approximate surface area is 171 Å². The number of amides is 5. The SMILES string of the molecule is CC(=O)Nc1cccc(NC(=O)CN2C(=O)N[C@]3(CCCc4sccc43)C2=O)c1. The Bertz CT molecular complexity index is 1020. The van der Waals surface area contributed by atoms with Crippen LogP contribution < -0.4 is 16.0 Å². The summed E-state index contributed by atoms with van der Waals surface area (Å²) >= 11 is 1.58. The Kier molecular flexibility index (Phi) is 4.83. The van der Waals surface area contributed by atoms with Gasteiger partial charge >= 0.3 is 6.03 Å². The van der Waals surface area contributed by atoms with E-state index >= 15 is 0 Å². The van der Waals surface area contributed by atoms with E-state index in [2.05, 4.69) is 16.0 Å². The monoisotopic (exact) mass is 412 g/mol. The van der Waals surface area contributed by atoms with E-state index in [-0.39, 0.29) is 18.4 Å². The minimum absolute atomic E-state index is 0.224. The summed E-state index contributed by atoms with van der Waals surface area (Å²) in [5.41, 5.74) is 0.784. The molecule has 1 spiro atoms. The van der Waals surface area contributed by atoms with Gasteiger partial charge in [-0.3, -0.25) is 19.3 Å². The van der Waals surface area contributed by atoms with Crippen molar-refractivity contribution < 1.29 is 19.2 Å². The fraction of sp³-hybridized carbons (Fsp3) is 0.300. The molecule has 1 saturated heterocycles. The number of aryl methyl sites for hydroxylation is 1. The number of hydrogen-bond acceptors (Lipinski definition) is 5. The second kappa shape index (κ2) is 7.32. The summed E-state index contributed by atoms with van der Waals surface area (Å²) in [4.78, 5) is 51.4. The maximum atomic E-state index is 13.1. The van der Waals surface area contributed by atoms with Gasteiger partial charge in [0.15, 0.2) is 0 Å². The van der Waals surface area contributed by atoms with Gasteiger partial charge < -0.3 is 16.0 Å². The van der Waals surface area contributed by atoms with Crippen LogP contribution in [-0.2, 0) is 26.3 Å². The van der Waals surface area contributed by atoms with Gasteiger partial charge in [-0.15, -0.1) is 11.3 Å². The van der Waals surface area contributed by atoms with Crippen molar-refractivity contribution in [1.29, 1.82) is 0 Å². The quantitative estimate of drug-likeness (QED) is 0.670. The van der Waals surface area contributed by atoms with Crippen LogP contribution in [0.3, 0.4) is 0 Å². The lowest BCUT2D eigenvalue weighted by Gasteiger charge is -2.31. The zero-order valence-electron chi connectivity index (χ0n) is 15.8. The van der Waals surface area contributed by atoms with E-state index in [9.17, 15) is 19.2 Å². The van der Waals surface area contributed by atoms with Gasteiger partial charge in [0, 0.05) is 28.7 Å². The van der Waals surface area contributed by atoms with Crippen molar-refractivity contribution in [2.75, 3.05) is 17.2 Å². The third-order valence-corrected chi connectivity index (χ3v) is 6.09. The van der Waals surface area contributed by atoms with Crippen LogP contribution in [0.25, 0.3) is 0 Å². The van der Waals surface area contributed by atoms with Crippen molar-refractivity contribution >= 4 is 46.5 Å². The summed E-state index contributed by atoms with van der Waals surface area (Å²) in [5, 5.41) is 10.1. The minimum atomic E-state index is -1.06. The summed E-state index contributed by atoms with van der Waals surface area (Å²) in [7, 11) is 0. The first-order chi connectivity index (χ1) is 13.9. The van der Waals surface area contributed by atoms with Crippen molar-refractivity contribution in [3.63, 3.8) is 0 Å². The molecule has 9 heteroatoms. The second-order valence-electron chi connectivity index (χ2n) is 7.15. The van der Waals surface area contributed by atoms with Crippen molar-refractivity contribution in [2.24, 2.45) is 0 Å². The van der Waals surface area contributed by atoms with Gasteiger partial charge in [0.1, 0.15) is 12.1 Å². The highest BCUT2D eigenvalue weighted by Crippen LogP contribution is 2.42. The highest BCUT2D eigenvalue weighted by Gasteiger charge is 2.54. The maximum Gasteiger partial charge on any atom is 0.325 e. The number of imide groups is 1. The van der Waals surface area contributed by atoms with Gasteiger partial charge in [0.2, 0.25) is 11.8 Å². The first-order valence-corrected chi connectivity index (χ1v) is 10.2. The molecule has 2 heterocycles. The van der Waals surface area contributed by atoms with E-state index < -0.39 is 17.5 Å². The largest absolute Gasteiger partial charge is 0.326 e. The van der Waals surface area contributed by atoms with Crippen LogP contribution in [0.2, 0.25) is 0 Å². The molecule has 2 aliphatic rings. The van der Waals surface area contributed by atoms with Gasteiger partial charge in [-0.25, -0.2) is 4.79 Å². The minimum Gasteiger partial charge on any atom is -0.326 e. The van der Waals surface area contributed by atoms with Crippen molar-refractivity contribution in [3.8, 4) is 0 Å². The summed E-state index contributed by atoms with van der Waals surface area (Å²) < 4.78 is 0. The summed E-state index contributed by atoms with van der Waals surface area (Å²) in [6.45, 7) is 1.01. The number of nitrogens with zero attached hydrogens (tertiary/aromatic N) is 1. The molecule has 0 radical (unpaired) electrons. The average Bonchev–Trinajstić information content (AvgIpc) is 3.22. The number of anilines is 2. The molecular formula is C20H20N4O4S. The van der Waals surface area contributed by atoms with E-state index in [1.165, 1.54) is 6.92 Å². The molecule has 3 N–H and O–H groups in total. The molecule has 1 aromatic heterocycles. The van der Waals surface area contributed by atoms with E-state index in [0.29, 0.717) is 17.8 Å². The lowest BCUT2D eigenvalue weighted by molar-refractivity contribution is -0.134. The number of rotatable bonds is 4. The zero-order chi connectivity index (χ0) is 20.6. The third-order valence-electron chi connectivity index (χ3n) is 5.10. The molecule has 1 atom stereocenters. The molecule has 1 aromatic carbocycles. The number of carbonyl (C=O) groups is 4. The normalized spacial score (nSPS) is 20.4. The van der Waals surface area contributed by atoms with E-state index in [1.54, 1.807) is 35.6 Å². The fourth-order valence-electron chi connectivity index (χ4n) is 3.91. The van der Waals surface area contributed by atoms with Crippen LogP contribution in [0.5, 0.6) is 0 Å². The first-order valence-electron chi connectivity index (χ1n) is 9.27. The van der Waals surface area contributed by atoms with Gasteiger partial charge in [-0.1, -0.05) is 6.07 Å². The standard InChI is InChI=1S/C20H20N4O4S/c1-12(25)21-13-4-2-5-14(10-13)22-17(26)11-24-18(27)20(23-19(24)28)8-3-6-16-15(20)7-9-29-16/h2,4-5,7,9-10H,3,6,8,11H2,1H3,(H,21,25)(H,22,26)(H,23,28)/t20-/m0/s1. The molecule has 0 unspecified atom stereocenters. The van der Waals surface area contributed by atoms with Gasteiger partial charge in [0.25, 0.3) is 5.91 Å². The molecular weight excluding hydrogens is 392 g/mol. The maximum absolute atomic E-state index is 13.1. The highest BCUT2D eigenvalue weighted by molar-refractivity contribution is 7.10. The average molecular weight is 412 g/mol. The van der Waals surface area contributed by atoms with Crippen LogP contribution in [0.1, 0.15) is 30.2 Å². The molecule has 0 bridgehead atoms. The predicted octanol–water partition coefficient (Wildman–Crippen LogP) is 2.43. The van der Waals surface area contributed by atoms with Crippen molar-refractivity contribution in [3.05, 3.63) is 46.2 Å². The smallest absolute Gasteiger partial charge is 0.325 e. The molecule has 29 heavy (non-hydrogen) atoms. The molecule has 1 fully saturated rings. The van der Waals surface area contributed by atoms with Gasteiger partial charge in [-0.2, -0.15) is 0 Å². The van der Waals surface area contributed by atoms with E-state index in [0.717, 1.165) is 28.2 Å². The zero-order valence-corrected chi connectivity index (χ0v) is 16.6. The topological polar surface area (TPSA) is 108 Å². The van der Waals surface area contributed by atoms with Crippen LogP contribution in [0, 0.1) is 0 Å². The molecule has 2 aromatic rings. The number of urea groups is 1. The summed E-state index contributed by atoms with van der Waals surface area (Å²) in [5.74, 6) is -1.10. The Balaban J connectivity index is 1.48. The Morgan fingerprint density at radius 2 is 1.97 bits per heavy atom.